The summed E-state index contributed by atoms with van der Waals surface area (Å²) in [4.78, 5) is 8.28. The number of hydrogen-bond acceptors (Lipinski definition) is 5. The van der Waals surface area contributed by atoms with Gasteiger partial charge in [0.2, 0.25) is 0 Å². The zero-order chi connectivity index (χ0) is 14.4. The molecule has 104 valence electrons. The van der Waals surface area contributed by atoms with Crippen LogP contribution in [0.15, 0.2) is 43.2 Å². The Balaban J connectivity index is 2.17. The number of nitrogen functional groups attached to an aromatic ring is 1. The summed E-state index contributed by atoms with van der Waals surface area (Å²) in [6.45, 7) is 6.38. The van der Waals surface area contributed by atoms with E-state index in [9.17, 15) is 0 Å². The average molecular weight is 269 g/mol. The van der Waals surface area contributed by atoms with Gasteiger partial charge in [-0.1, -0.05) is 25.1 Å². The molecule has 0 saturated carbocycles. The van der Waals surface area contributed by atoms with Crippen LogP contribution in [-0.4, -0.2) is 16.5 Å². The molecule has 1 heterocycles. The summed E-state index contributed by atoms with van der Waals surface area (Å²) in [5.41, 5.74) is 8.78. The molecule has 0 aliphatic heterocycles. The number of aryl methyl sites for hydroxylation is 1. The van der Waals surface area contributed by atoms with Crippen LogP contribution in [0.1, 0.15) is 12.5 Å². The van der Waals surface area contributed by atoms with Gasteiger partial charge in [0.05, 0.1) is 0 Å². The van der Waals surface area contributed by atoms with Crippen LogP contribution in [-0.2, 0) is 6.42 Å². The molecule has 5 nitrogen and oxygen atoms in total. The topological polar surface area (TPSA) is 75.9 Å². The lowest BCUT2D eigenvalue weighted by molar-refractivity contribution is 1.13. The summed E-state index contributed by atoms with van der Waals surface area (Å²) >= 11 is 0. The Morgan fingerprint density at radius 3 is 2.55 bits per heavy atom. The first-order valence-electron chi connectivity index (χ1n) is 6.55. The van der Waals surface area contributed by atoms with Crippen molar-refractivity contribution < 1.29 is 0 Å². The molecule has 2 rings (SSSR count). The van der Waals surface area contributed by atoms with Crippen LogP contribution in [0.25, 0.3) is 0 Å². The van der Waals surface area contributed by atoms with Crippen molar-refractivity contribution in [3.63, 3.8) is 0 Å². The van der Waals surface area contributed by atoms with Gasteiger partial charge in [0.15, 0.2) is 11.6 Å². The van der Waals surface area contributed by atoms with Crippen LogP contribution in [0, 0.1) is 0 Å². The lowest BCUT2D eigenvalue weighted by Gasteiger charge is -2.12. The maximum Gasteiger partial charge on any atom is 0.159 e. The second-order valence-electron chi connectivity index (χ2n) is 4.33. The highest BCUT2D eigenvalue weighted by Crippen LogP contribution is 2.25. The molecule has 0 atom stereocenters. The second kappa shape index (κ2) is 6.56. The zero-order valence-electron chi connectivity index (χ0n) is 11.6. The Labute approximate surface area is 119 Å². The minimum Gasteiger partial charge on any atom is -0.393 e. The van der Waals surface area contributed by atoms with E-state index in [1.54, 1.807) is 6.08 Å². The van der Waals surface area contributed by atoms with E-state index in [1.165, 1.54) is 11.9 Å². The van der Waals surface area contributed by atoms with E-state index in [2.05, 4.69) is 46.2 Å². The molecular weight excluding hydrogens is 250 g/mol. The highest BCUT2D eigenvalue weighted by Gasteiger charge is 2.07. The first kappa shape index (κ1) is 13.9. The highest BCUT2D eigenvalue weighted by atomic mass is 15.1. The molecule has 0 radical (unpaired) electrons. The predicted octanol–water partition coefficient (Wildman–Crippen LogP) is 2.96. The Hall–Kier alpha value is -2.56. The molecule has 0 aliphatic rings. The number of anilines is 4. The monoisotopic (exact) mass is 269 g/mol. The molecule has 1 aromatic heterocycles. The van der Waals surface area contributed by atoms with Crippen LogP contribution >= 0.6 is 0 Å². The Morgan fingerprint density at radius 2 is 1.90 bits per heavy atom. The van der Waals surface area contributed by atoms with E-state index in [1.807, 2.05) is 12.1 Å². The van der Waals surface area contributed by atoms with Gasteiger partial charge < -0.3 is 16.4 Å². The Morgan fingerprint density at radius 1 is 1.20 bits per heavy atom. The lowest BCUT2D eigenvalue weighted by atomic mass is 10.1. The number of nitrogens with two attached hydrogens (primary N) is 1. The normalized spacial score (nSPS) is 10.1. The van der Waals surface area contributed by atoms with Crippen LogP contribution in [0.4, 0.5) is 23.0 Å². The van der Waals surface area contributed by atoms with Gasteiger partial charge in [-0.3, -0.25) is 0 Å². The van der Waals surface area contributed by atoms with Crippen molar-refractivity contribution in [1.29, 1.82) is 0 Å². The van der Waals surface area contributed by atoms with Crippen molar-refractivity contribution in [2.75, 3.05) is 22.9 Å². The van der Waals surface area contributed by atoms with E-state index in [0.29, 0.717) is 23.9 Å². The number of aromatic nitrogens is 2. The molecule has 0 unspecified atom stereocenters. The van der Waals surface area contributed by atoms with E-state index < -0.39 is 0 Å². The zero-order valence-corrected chi connectivity index (χ0v) is 11.6. The van der Waals surface area contributed by atoms with Gasteiger partial charge in [-0.2, -0.15) is 0 Å². The first-order valence-corrected chi connectivity index (χ1v) is 6.55. The van der Waals surface area contributed by atoms with Crippen molar-refractivity contribution in [2.24, 2.45) is 0 Å². The molecule has 0 aliphatic carbocycles. The molecule has 1 aromatic carbocycles. The molecule has 20 heavy (non-hydrogen) atoms. The van der Waals surface area contributed by atoms with Gasteiger partial charge in [-0.05, 0) is 24.1 Å². The number of benzene rings is 1. The molecule has 0 saturated heterocycles. The van der Waals surface area contributed by atoms with E-state index in [0.717, 1.165) is 12.1 Å². The smallest absolute Gasteiger partial charge is 0.159 e. The number of nitrogens with zero attached hydrogens (tertiary/aromatic N) is 2. The van der Waals surface area contributed by atoms with Crippen molar-refractivity contribution in [3.8, 4) is 0 Å². The second-order valence-corrected chi connectivity index (χ2v) is 4.33. The number of hydrogen-bond donors (Lipinski definition) is 3. The third kappa shape index (κ3) is 3.26. The molecule has 0 amide bonds. The fourth-order valence-electron chi connectivity index (χ4n) is 1.77. The quantitative estimate of drug-likeness (QED) is 0.703. The van der Waals surface area contributed by atoms with Gasteiger partial charge >= 0.3 is 0 Å². The highest BCUT2D eigenvalue weighted by molar-refractivity contribution is 5.77. The lowest BCUT2D eigenvalue weighted by Crippen LogP contribution is -2.07. The SMILES string of the molecule is C=CCNc1ncnc(Nc2ccc(CC)cc2)c1N. The minimum atomic E-state index is 0.494. The maximum absolute atomic E-state index is 6.04. The fourth-order valence-corrected chi connectivity index (χ4v) is 1.77. The summed E-state index contributed by atoms with van der Waals surface area (Å²) in [6.07, 6.45) is 4.24. The standard InChI is InChI=1S/C15H19N5/c1-3-9-17-14-13(16)15(19-10-18-14)20-12-7-5-11(4-2)6-8-12/h3,5-8,10H,1,4,9,16H2,2H3,(H2,17,18,19,20). The van der Waals surface area contributed by atoms with Crippen LogP contribution < -0.4 is 16.4 Å². The summed E-state index contributed by atoms with van der Waals surface area (Å²) in [5.74, 6) is 1.20. The van der Waals surface area contributed by atoms with Gasteiger partial charge in [0.1, 0.15) is 12.0 Å². The predicted molar refractivity (Wildman–Crippen MR) is 84.2 cm³/mol. The van der Waals surface area contributed by atoms with Crippen molar-refractivity contribution in [1.82, 2.24) is 9.97 Å². The summed E-state index contributed by atoms with van der Waals surface area (Å²) in [6, 6.07) is 8.18. The van der Waals surface area contributed by atoms with Crippen molar-refractivity contribution >= 4 is 23.0 Å². The maximum atomic E-state index is 6.04. The van der Waals surface area contributed by atoms with Gasteiger partial charge in [0.25, 0.3) is 0 Å². The van der Waals surface area contributed by atoms with Gasteiger partial charge in [0, 0.05) is 12.2 Å². The van der Waals surface area contributed by atoms with E-state index in [-0.39, 0.29) is 0 Å². The van der Waals surface area contributed by atoms with Gasteiger partial charge in [-0.15, -0.1) is 6.58 Å². The summed E-state index contributed by atoms with van der Waals surface area (Å²) in [5, 5.41) is 6.27. The average Bonchev–Trinajstić information content (AvgIpc) is 2.49. The molecule has 2 aromatic rings. The van der Waals surface area contributed by atoms with Crippen molar-refractivity contribution in [3.05, 3.63) is 48.8 Å². The molecule has 5 heteroatoms. The molecule has 4 N–H and O–H groups in total. The molecule has 0 bridgehead atoms. The largest absolute Gasteiger partial charge is 0.393 e. The van der Waals surface area contributed by atoms with Crippen LogP contribution in [0.3, 0.4) is 0 Å². The summed E-state index contributed by atoms with van der Waals surface area (Å²) < 4.78 is 0. The van der Waals surface area contributed by atoms with E-state index >= 15 is 0 Å². The first-order chi connectivity index (χ1) is 9.74. The van der Waals surface area contributed by atoms with Crippen LogP contribution in [0.5, 0.6) is 0 Å². The fraction of sp³-hybridized carbons (Fsp3) is 0.200. The number of nitrogens with one attached hydrogen (secondary N) is 2. The van der Waals surface area contributed by atoms with Crippen molar-refractivity contribution in [2.45, 2.75) is 13.3 Å². The van der Waals surface area contributed by atoms with E-state index in [4.69, 9.17) is 5.73 Å². The molecule has 0 fully saturated rings. The minimum absolute atomic E-state index is 0.494. The Bertz CT molecular complexity index is 577. The third-order valence-electron chi connectivity index (χ3n) is 2.92. The number of rotatable bonds is 6. The van der Waals surface area contributed by atoms with Crippen LogP contribution in [0.2, 0.25) is 0 Å². The molecular formula is C15H19N5. The summed E-state index contributed by atoms with van der Waals surface area (Å²) in [7, 11) is 0. The molecule has 0 spiro atoms. The Kier molecular flexibility index (Phi) is 4.55. The van der Waals surface area contributed by atoms with Gasteiger partial charge in [-0.25, -0.2) is 9.97 Å². The third-order valence-corrected chi connectivity index (χ3v) is 2.92.